The molecule has 1 aliphatic heterocycles. The number of piperidine rings is 1. The van der Waals surface area contributed by atoms with Crippen molar-refractivity contribution in [2.24, 2.45) is 11.8 Å². The molecule has 0 aromatic carbocycles. The lowest BCUT2D eigenvalue weighted by Gasteiger charge is -2.37. The highest BCUT2D eigenvalue weighted by Gasteiger charge is 2.43. The molecule has 2 amide bonds. The minimum atomic E-state index is -1.07. The first-order valence-corrected chi connectivity index (χ1v) is 8.86. The van der Waals surface area contributed by atoms with Crippen molar-refractivity contribution in [1.82, 2.24) is 10.2 Å². The molecule has 2 saturated carbocycles. The van der Waals surface area contributed by atoms with Crippen molar-refractivity contribution in [1.29, 1.82) is 0 Å². The molecule has 3 rings (SSSR count). The van der Waals surface area contributed by atoms with Crippen LogP contribution in [0.4, 0.5) is 0 Å². The van der Waals surface area contributed by atoms with E-state index >= 15 is 0 Å². The minimum absolute atomic E-state index is 0.146. The number of nitrogens with one attached hydrogen (secondary N) is 1. The van der Waals surface area contributed by atoms with Crippen LogP contribution in [0.15, 0.2) is 0 Å². The van der Waals surface area contributed by atoms with Gasteiger partial charge < -0.3 is 15.3 Å². The van der Waals surface area contributed by atoms with Crippen molar-refractivity contribution in [2.45, 2.75) is 63.3 Å². The highest BCUT2D eigenvalue weighted by molar-refractivity contribution is 5.88. The van der Waals surface area contributed by atoms with Crippen molar-refractivity contribution < 1.29 is 19.5 Å². The van der Waals surface area contributed by atoms with Gasteiger partial charge in [-0.15, -0.1) is 0 Å². The molecule has 0 atom stereocenters. The summed E-state index contributed by atoms with van der Waals surface area (Å²) < 4.78 is 0. The van der Waals surface area contributed by atoms with E-state index in [9.17, 15) is 19.5 Å². The molecular formula is C17H26N2O4. The van der Waals surface area contributed by atoms with Crippen LogP contribution in [-0.2, 0) is 14.4 Å². The maximum Gasteiger partial charge on any atom is 0.329 e. The molecule has 2 N–H and O–H groups in total. The predicted molar refractivity (Wildman–Crippen MR) is 83.6 cm³/mol. The highest BCUT2D eigenvalue weighted by atomic mass is 16.4. The van der Waals surface area contributed by atoms with E-state index in [0.29, 0.717) is 38.8 Å². The molecule has 128 valence electrons. The van der Waals surface area contributed by atoms with Crippen LogP contribution in [0.1, 0.15) is 57.8 Å². The zero-order chi connectivity index (χ0) is 16.4. The number of likely N-dealkylation sites (tertiary alicyclic amines) is 1. The summed E-state index contributed by atoms with van der Waals surface area (Å²) >= 11 is 0. The number of carbonyl (C=O) groups excluding carboxylic acids is 2. The van der Waals surface area contributed by atoms with Gasteiger partial charge in [-0.25, -0.2) is 4.79 Å². The standard InChI is InChI=1S/C17H26N2O4/c20-14(18-17(16(22)23)8-2-1-3-9-17)12-6-10-19(11-7-12)15(21)13-4-5-13/h12-13H,1-11H2,(H,18,20)(H,22,23). The molecule has 3 fully saturated rings. The van der Waals surface area contributed by atoms with Gasteiger partial charge in [-0.2, -0.15) is 0 Å². The number of hydrogen-bond donors (Lipinski definition) is 2. The number of carbonyl (C=O) groups is 3. The van der Waals surface area contributed by atoms with Crippen LogP contribution in [0.25, 0.3) is 0 Å². The van der Waals surface area contributed by atoms with Crippen molar-refractivity contribution in [3.05, 3.63) is 0 Å². The van der Waals surface area contributed by atoms with E-state index < -0.39 is 11.5 Å². The van der Waals surface area contributed by atoms with E-state index in [-0.39, 0.29) is 23.7 Å². The van der Waals surface area contributed by atoms with Crippen LogP contribution in [-0.4, -0.2) is 46.4 Å². The second kappa shape index (κ2) is 6.49. The molecule has 3 aliphatic rings. The van der Waals surface area contributed by atoms with Gasteiger partial charge >= 0.3 is 5.97 Å². The number of carboxylic acids is 1. The fourth-order valence-corrected chi connectivity index (χ4v) is 3.84. The summed E-state index contributed by atoms with van der Waals surface area (Å²) in [5.74, 6) is -0.771. The van der Waals surface area contributed by atoms with E-state index in [2.05, 4.69) is 5.32 Å². The number of nitrogens with zero attached hydrogens (tertiary/aromatic N) is 1. The third-order valence-corrected chi connectivity index (χ3v) is 5.58. The van der Waals surface area contributed by atoms with Gasteiger partial charge in [0.2, 0.25) is 11.8 Å². The maximum atomic E-state index is 12.5. The molecule has 0 aromatic rings. The quantitative estimate of drug-likeness (QED) is 0.822. The Morgan fingerprint density at radius 1 is 0.913 bits per heavy atom. The van der Waals surface area contributed by atoms with Crippen molar-refractivity contribution >= 4 is 17.8 Å². The largest absolute Gasteiger partial charge is 0.480 e. The van der Waals surface area contributed by atoms with E-state index in [4.69, 9.17) is 0 Å². The predicted octanol–water partition coefficient (Wildman–Crippen LogP) is 1.54. The van der Waals surface area contributed by atoms with Crippen LogP contribution in [0.5, 0.6) is 0 Å². The second-order valence-corrected chi connectivity index (χ2v) is 7.31. The summed E-state index contributed by atoms with van der Waals surface area (Å²) in [4.78, 5) is 38.1. The van der Waals surface area contributed by atoms with Gasteiger partial charge in [0.1, 0.15) is 5.54 Å². The van der Waals surface area contributed by atoms with Crippen LogP contribution >= 0.6 is 0 Å². The molecule has 1 saturated heterocycles. The number of rotatable bonds is 4. The molecule has 23 heavy (non-hydrogen) atoms. The molecule has 0 aromatic heterocycles. The number of carboxylic acid groups (broad SMARTS) is 1. The van der Waals surface area contributed by atoms with Crippen molar-refractivity contribution in [3.63, 3.8) is 0 Å². The van der Waals surface area contributed by atoms with Gasteiger partial charge in [0.15, 0.2) is 0 Å². The summed E-state index contributed by atoms with van der Waals surface area (Å²) in [5, 5.41) is 12.4. The lowest BCUT2D eigenvalue weighted by molar-refractivity contribution is -0.150. The zero-order valence-electron chi connectivity index (χ0n) is 13.6. The highest BCUT2D eigenvalue weighted by Crippen LogP contribution is 2.33. The minimum Gasteiger partial charge on any atom is -0.480 e. The third-order valence-electron chi connectivity index (χ3n) is 5.58. The molecule has 6 nitrogen and oxygen atoms in total. The maximum absolute atomic E-state index is 12.5. The molecule has 2 aliphatic carbocycles. The summed E-state index contributed by atoms with van der Waals surface area (Å²) in [7, 11) is 0. The first-order chi connectivity index (χ1) is 11.0. The van der Waals surface area contributed by atoms with Gasteiger partial charge in [0.05, 0.1) is 0 Å². The van der Waals surface area contributed by atoms with Crippen molar-refractivity contribution in [2.75, 3.05) is 13.1 Å². The molecule has 0 bridgehead atoms. The van der Waals surface area contributed by atoms with Crippen LogP contribution in [0.3, 0.4) is 0 Å². The van der Waals surface area contributed by atoms with Crippen LogP contribution in [0.2, 0.25) is 0 Å². The number of amides is 2. The first-order valence-electron chi connectivity index (χ1n) is 8.86. The Balaban J connectivity index is 1.54. The van der Waals surface area contributed by atoms with Gasteiger partial charge in [0.25, 0.3) is 0 Å². The molecule has 0 unspecified atom stereocenters. The smallest absolute Gasteiger partial charge is 0.329 e. The van der Waals surface area contributed by atoms with E-state index in [1.807, 2.05) is 4.90 Å². The first kappa shape index (κ1) is 16.3. The van der Waals surface area contributed by atoms with Crippen LogP contribution in [0, 0.1) is 11.8 Å². The normalized spacial score (nSPS) is 25.0. The molecular weight excluding hydrogens is 296 g/mol. The molecule has 1 heterocycles. The topological polar surface area (TPSA) is 86.7 Å². The fourth-order valence-electron chi connectivity index (χ4n) is 3.84. The van der Waals surface area contributed by atoms with Gasteiger partial charge in [-0.3, -0.25) is 9.59 Å². The summed E-state index contributed by atoms with van der Waals surface area (Å²) in [6.07, 6.45) is 7.05. The summed E-state index contributed by atoms with van der Waals surface area (Å²) in [6.45, 7) is 1.24. The van der Waals surface area contributed by atoms with E-state index in [0.717, 1.165) is 32.1 Å². The molecule has 0 spiro atoms. The van der Waals surface area contributed by atoms with Gasteiger partial charge in [-0.05, 0) is 38.5 Å². The summed E-state index contributed by atoms with van der Waals surface area (Å²) in [6, 6.07) is 0. The van der Waals surface area contributed by atoms with Crippen molar-refractivity contribution in [3.8, 4) is 0 Å². The third kappa shape index (κ3) is 3.51. The zero-order valence-corrected chi connectivity index (χ0v) is 13.6. The lowest BCUT2D eigenvalue weighted by Crippen LogP contribution is -2.57. The Morgan fingerprint density at radius 2 is 1.52 bits per heavy atom. The lowest BCUT2D eigenvalue weighted by atomic mass is 9.81. The Kier molecular flexibility index (Phi) is 4.60. The molecule has 0 radical (unpaired) electrons. The average Bonchev–Trinajstić information content (AvgIpc) is 3.40. The van der Waals surface area contributed by atoms with E-state index in [1.54, 1.807) is 0 Å². The Hall–Kier alpha value is -1.59. The SMILES string of the molecule is O=C(NC1(C(=O)O)CCCCC1)C1CCN(C(=O)C2CC2)CC1. The Labute approximate surface area is 136 Å². The van der Waals surface area contributed by atoms with Crippen LogP contribution < -0.4 is 5.32 Å². The fraction of sp³-hybridized carbons (Fsp3) is 0.824. The van der Waals surface area contributed by atoms with E-state index in [1.165, 1.54) is 0 Å². The second-order valence-electron chi connectivity index (χ2n) is 7.31. The molecule has 6 heteroatoms. The van der Waals surface area contributed by atoms with Gasteiger partial charge in [-0.1, -0.05) is 19.3 Å². The van der Waals surface area contributed by atoms with Gasteiger partial charge in [0, 0.05) is 24.9 Å². The average molecular weight is 322 g/mol. The summed E-state index contributed by atoms with van der Waals surface area (Å²) in [5.41, 5.74) is -1.07. The number of hydrogen-bond acceptors (Lipinski definition) is 3. The Bertz CT molecular complexity index is 487. The Morgan fingerprint density at radius 3 is 2.04 bits per heavy atom. The number of aliphatic carboxylic acids is 1. The monoisotopic (exact) mass is 322 g/mol.